The van der Waals surface area contributed by atoms with E-state index in [0.29, 0.717) is 6.79 Å². The largest absolute Gasteiger partial charge is 0.454 e. The number of ether oxygens (including phenoxy) is 2. The van der Waals surface area contributed by atoms with Gasteiger partial charge in [-0.3, -0.25) is 0 Å². The number of hydrogen-bond donors (Lipinski definition) is 1. The number of benzene rings is 1. The van der Waals surface area contributed by atoms with Crippen molar-refractivity contribution in [1.29, 1.82) is 0 Å². The molecular formula is C14H15BrN2O2S. The molecule has 106 valence electrons. The summed E-state index contributed by atoms with van der Waals surface area (Å²) in [5.41, 5.74) is 1.15. The minimum atomic E-state index is 0.303. The van der Waals surface area contributed by atoms with Crippen LogP contribution in [0.15, 0.2) is 22.8 Å². The monoisotopic (exact) mass is 354 g/mol. The molecule has 0 unspecified atom stereocenters. The Bertz CT molecular complexity index is 615. The third kappa shape index (κ3) is 2.97. The summed E-state index contributed by atoms with van der Waals surface area (Å²) < 4.78 is 11.8. The maximum atomic E-state index is 5.40. The van der Waals surface area contributed by atoms with Crippen molar-refractivity contribution in [3.63, 3.8) is 0 Å². The van der Waals surface area contributed by atoms with Gasteiger partial charge in [-0.1, -0.05) is 22.9 Å². The predicted molar refractivity (Wildman–Crippen MR) is 82.3 cm³/mol. The highest BCUT2D eigenvalue weighted by Gasteiger charge is 2.16. The van der Waals surface area contributed by atoms with Gasteiger partial charge in [0.1, 0.15) is 5.01 Å². The molecule has 0 saturated heterocycles. The molecule has 0 bridgehead atoms. The van der Waals surface area contributed by atoms with E-state index in [2.05, 4.69) is 33.2 Å². The van der Waals surface area contributed by atoms with E-state index in [9.17, 15) is 0 Å². The fourth-order valence-electron chi connectivity index (χ4n) is 1.99. The average Bonchev–Trinajstić information content (AvgIpc) is 3.07. The Labute approximate surface area is 130 Å². The van der Waals surface area contributed by atoms with E-state index >= 15 is 0 Å². The molecule has 2 aromatic rings. The van der Waals surface area contributed by atoms with Crippen molar-refractivity contribution in [1.82, 2.24) is 10.3 Å². The zero-order valence-electron chi connectivity index (χ0n) is 11.1. The Morgan fingerprint density at radius 3 is 2.85 bits per heavy atom. The fraction of sp³-hybridized carbons (Fsp3) is 0.357. The summed E-state index contributed by atoms with van der Waals surface area (Å²) >= 11 is 5.33. The number of aryl methyl sites for hydroxylation is 1. The van der Waals surface area contributed by atoms with Crippen LogP contribution in [0.5, 0.6) is 11.5 Å². The van der Waals surface area contributed by atoms with E-state index < -0.39 is 0 Å². The number of rotatable bonds is 5. The first-order valence-corrected chi connectivity index (χ1v) is 8.09. The molecule has 4 nitrogen and oxygen atoms in total. The first-order valence-electron chi connectivity index (χ1n) is 6.48. The summed E-state index contributed by atoms with van der Waals surface area (Å²) in [4.78, 5) is 5.72. The van der Waals surface area contributed by atoms with Crippen molar-refractivity contribution < 1.29 is 9.47 Å². The van der Waals surface area contributed by atoms with Crippen LogP contribution in [-0.4, -0.2) is 11.8 Å². The minimum absolute atomic E-state index is 0.303. The Kier molecular flexibility index (Phi) is 4.24. The molecule has 1 N–H and O–H groups in total. The van der Waals surface area contributed by atoms with Gasteiger partial charge in [-0.25, -0.2) is 4.98 Å². The topological polar surface area (TPSA) is 43.4 Å². The highest BCUT2D eigenvalue weighted by Crippen LogP contribution is 2.36. The van der Waals surface area contributed by atoms with Crippen LogP contribution in [0.3, 0.4) is 0 Å². The molecule has 0 spiro atoms. The summed E-state index contributed by atoms with van der Waals surface area (Å²) in [6.07, 6.45) is 3.00. The first kappa shape index (κ1) is 13.9. The van der Waals surface area contributed by atoms with Gasteiger partial charge in [-0.05, 0) is 24.1 Å². The predicted octanol–water partition coefficient (Wildman–Crippen LogP) is 3.49. The molecule has 0 fully saturated rings. The fourth-order valence-corrected chi connectivity index (χ4v) is 3.29. The van der Waals surface area contributed by atoms with E-state index in [4.69, 9.17) is 9.47 Å². The maximum Gasteiger partial charge on any atom is 0.231 e. The normalized spacial score (nSPS) is 12.9. The van der Waals surface area contributed by atoms with Crippen molar-refractivity contribution in [3.05, 3.63) is 38.3 Å². The van der Waals surface area contributed by atoms with Crippen LogP contribution < -0.4 is 14.8 Å². The molecule has 0 saturated carbocycles. The zero-order chi connectivity index (χ0) is 13.9. The third-order valence-corrected chi connectivity index (χ3v) is 4.96. The lowest BCUT2D eigenvalue weighted by atomic mass is 10.2. The van der Waals surface area contributed by atoms with E-state index in [1.165, 1.54) is 4.88 Å². The summed E-state index contributed by atoms with van der Waals surface area (Å²) in [5.74, 6) is 1.61. The molecule has 1 aliphatic heterocycles. The quantitative estimate of drug-likeness (QED) is 0.892. The third-order valence-electron chi connectivity index (χ3n) is 3.08. The zero-order valence-corrected chi connectivity index (χ0v) is 13.5. The minimum Gasteiger partial charge on any atom is -0.454 e. The summed E-state index contributed by atoms with van der Waals surface area (Å²) in [7, 11) is 0. The van der Waals surface area contributed by atoms with Gasteiger partial charge in [-0.15, -0.1) is 11.3 Å². The highest BCUT2D eigenvalue weighted by atomic mass is 79.9. The van der Waals surface area contributed by atoms with Crippen LogP contribution in [-0.2, 0) is 19.5 Å². The van der Waals surface area contributed by atoms with E-state index in [1.54, 1.807) is 11.3 Å². The maximum absolute atomic E-state index is 5.40. The van der Waals surface area contributed by atoms with Crippen LogP contribution in [0, 0.1) is 0 Å². The Morgan fingerprint density at radius 2 is 2.10 bits per heavy atom. The standard InChI is InChI=1S/C14H15BrN2O2S/c1-2-10-6-17-14(20-10)7-16-5-9-3-12-13(4-11(9)15)19-8-18-12/h3-4,6,16H,2,5,7-8H2,1H3. The lowest BCUT2D eigenvalue weighted by Crippen LogP contribution is -2.12. The van der Waals surface area contributed by atoms with Gasteiger partial charge in [-0.2, -0.15) is 0 Å². The molecule has 0 atom stereocenters. The molecule has 0 amide bonds. The van der Waals surface area contributed by atoms with Crippen molar-refractivity contribution in [2.75, 3.05) is 6.79 Å². The van der Waals surface area contributed by atoms with Crippen LogP contribution in [0.1, 0.15) is 22.4 Å². The first-order chi connectivity index (χ1) is 9.76. The second kappa shape index (κ2) is 6.11. The summed E-state index contributed by atoms with van der Waals surface area (Å²) in [5, 5.41) is 4.53. The van der Waals surface area contributed by atoms with Crippen molar-refractivity contribution in [2.45, 2.75) is 26.4 Å². The second-order valence-electron chi connectivity index (χ2n) is 4.47. The SMILES string of the molecule is CCc1cnc(CNCc2cc3c(cc2Br)OCO3)s1. The molecule has 1 aliphatic rings. The highest BCUT2D eigenvalue weighted by molar-refractivity contribution is 9.10. The molecule has 1 aromatic heterocycles. The Balaban J connectivity index is 1.61. The van der Waals surface area contributed by atoms with Crippen LogP contribution in [0.2, 0.25) is 0 Å². The molecule has 1 aromatic carbocycles. The van der Waals surface area contributed by atoms with Crippen molar-refractivity contribution in [3.8, 4) is 11.5 Å². The number of fused-ring (bicyclic) bond motifs is 1. The Morgan fingerprint density at radius 1 is 1.30 bits per heavy atom. The second-order valence-corrected chi connectivity index (χ2v) is 6.53. The van der Waals surface area contributed by atoms with E-state index in [0.717, 1.165) is 46.1 Å². The lowest BCUT2D eigenvalue weighted by Gasteiger charge is -2.07. The van der Waals surface area contributed by atoms with Crippen molar-refractivity contribution >= 4 is 27.3 Å². The summed E-state index contributed by atoms with van der Waals surface area (Å²) in [6, 6.07) is 3.97. The van der Waals surface area contributed by atoms with Crippen LogP contribution in [0.4, 0.5) is 0 Å². The molecule has 0 radical (unpaired) electrons. The number of nitrogens with zero attached hydrogens (tertiary/aromatic N) is 1. The number of aromatic nitrogens is 1. The number of hydrogen-bond acceptors (Lipinski definition) is 5. The number of thiazole rings is 1. The van der Waals surface area contributed by atoms with Gasteiger partial charge in [0.2, 0.25) is 6.79 Å². The van der Waals surface area contributed by atoms with Gasteiger partial charge in [0.05, 0.1) is 0 Å². The molecule has 2 heterocycles. The van der Waals surface area contributed by atoms with Crippen molar-refractivity contribution in [2.24, 2.45) is 0 Å². The van der Waals surface area contributed by atoms with Crippen LogP contribution >= 0.6 is 27.3 Å². The molecule has 20 heavy (non-hydrogen) atoms. The smallest absolute Gasteiger partial charge is 0.231 e. The van der Waals surface area contributed by atoms with Gasteiger partial charge in [0, 0.05) is 28.6 Å². The average molecular weight is 355 g/mol. The molecular weight excluding hydrogens is 340 g/mol. The summed E-state index contributed by atoms with van der Waals surface area (Å²) in [6.45, 7) is 4.00. The number of halogens is 1. The van der Waals surface area contributed by atoms with E-state index in [-0.39, 0.29) is 0 Å². The Hall–Kier alpha value is -1.11. The van der Waals surface area contributed by atoms with E-state index in [1.807, 2.05) is 18.3 Å². The van der Waals surface area contributed by atoms with Gasteiger partial charge < -0.3 is 14.8 Å². The number of nitrogens with one attached hydrogen (secondary N) is 1. The van der Waals surface area contributed by atoms with Crippen LogP contribution in [0.25, 0.3) is 0 Å². The molecule has 0 aliphatic carbocycles. The lowest BCUT2D eigenvalue weighted by molar-refractivity contribution is 0.174. The van der Waals surface area contributed by atoms with Gasteiger partial charge >= 0.3 is 0 Å². The van der Waals surface area contributed by atoms with Gasteiger partial charge in [0.15, 0.2) is 11.5 Å². The van der Waals surface area contributed by atoms with Gasteiger partial charge in [0.25, 0.3) is 0 Å². The molecule has 3 rings (SSSR count). The molecule has 6 heteroatoms.